The van der Waals surface area contributed by atoms with Gasteiger partial charge in [-0.15, -0.1) is 0 Å². The highest BCUT2D eigenvalue weighted by Crippen LogP contribution is 2.36. The molecule has 6 radical (unpaired) electrons. The molecule has 6 nitrogen and oxygen atoms in total. The fraction of sp³-hybridized carbons (Fsp3) is 0.250. The van der Waals surface area contributed by atoms with Crippen LogP contribution in [0.25, 0.3) is 0 Å². The van der Waals surface area contributed by atoms with Crippen LogP contribution in [0.3, 0.4) is 0 Å². The van der Waals surface area contributed by atoms with E-state index in [-0.39, 0.29) is 5.56 Å². The molecule has 0 fully saturated rings. The quantitative estimate of drug-likeness (QED) is 0.596. The maximum absolute atomic E-state index is 12.4. The van der Waals surface area contributed by atoms with E-state index in [9.17, 15) is 13.2 Å². The Morgan fingerprint density at radius 3 is 2.30 bits per heavy atom. The number of hydrogen-bond donors (Lipinski definition) is 1. The van der Waals surface area contributed by atoms with E-state index in [0.717, 1.165) is 6.92 Å². The number of ether oxygens (including phenoxy) is 1. The number of carbonyl (C=O) groups is 1. The van der Waals surface area contributed by atoms with Crippen molar-refractivity contribution in [3.05, 3.63) is 46.5 Å². The Morgan fingerprint density at radius 1 is 1.30 bits per heavy atom. The van der Waals surface area contributed by atoms with Crippen LogP contribution in [-0.4, -0.2) is 42.3 Å². The lowest BCUT2D eigenvalue weighted by molar-refractivity contribution is -0.126. The van der Waals surface area contributed by atoms with Crippen molar-refractivity contribution in [2.75, 3.05) is 0 Å². The van der Waals surface area contributed by atoms with E-state index in [2.05, 4.69) is 4.18 Å². The Hall–Kier alpha value is -1.54. The van der Waals surface area contributed by atoms with Gasteiger partial charge < -0.3 is 14.7 Å². The third-order valence-corrected chi connectivity index (χ3v) is 4.76. The van der Waals surface area contributed by atoms with Crippen LogP contribution in [0.5, 0.6) is 0 Å². The standard InChI is InChI=1S/C12H9B3ClNO5S/c1-11(13,14)23(19,20)22-8-9(18)12(15,21-10(8)17)6-2-4-7(16)5-3-6/h2-5H,17H2,1H3/t12-/m1/s1. The average Bonchev–Trinajstić information content (AvgIpc) is 2.62. The van der Waals surface area contributed by atoms with E-state index in [0.29, 0.717) is 5.02 Å². The van der Waals surface area contributed by atoms with Crippen LogP contribution in [-0.2, 0) is 29.3 Å². The van der Waals surface area contributed by atoms with Crippen LogP contribution in [0.1, 0.15) is 12.5 Å². The number of carbonyl (C=O) groups excluding carboxylic acids is 1. The molecule has 0 amide bonds. The number of ketones is 1. The van der Waals surface area contributed by atoms with Crippen LogP contribution in [0.2, 0.25) is 5.02 Å². The van der Waals surface area contributed by atoms with Gasteiger partial charge in [-0.2, -0.15) is 8.42 Å². The Bertz CT molecular complexity index is 788. The maximum atomic E-state index is 12.4. The Balaban J connectivity index is 2.37. The molecule has 1 atom stereocenters. The second-order valence-corrected chi connectivity index (χ2v) is 7.48. The summed E-state index contributed by atoms with van der Waals surface area (Å²) in [5.74, 6) is -2.38. The summed E-state index contributed by atoms with van der Waals surface area (Å²) in [4.78, 5) is 12.4. The van der Waals surface area contributed by atoms with E-state index in [1.807, 2.05) is 0 Å². The van der Waals surface area contributed by atoms with Crippen molar-refractivity contribution in [1.29, 1.82) is 0 Å². The third kappa shape index (κ3) is 3.10. The molecule has 1 aliphatic rings. The summed E-state index contributed by atoms with van der Waals surface area (Å²) < 4.78 is 31.2. The first-order valence-corrected chi connectivity index (χ1v) is 7.97. The number of rotatable bonds is 4. The summed E-state index contributed by atoms with van der Waals surface area (Å²) in [6.45, 7) is 0.980. The Labute approximate surface area is 142 Å². The van der Waals surface area contributed by atoms with Gasteiger partial charge in [-0.3, -0.25) is 4.79 Å². The second kappa shape index (κ2) is 5.52. The Kier molecular flexibility index (Phi) is 4.28. The second-order valence-electron chi connectivity index (χ2n) is 5.09. The molecule has 2 rings (SSSR count). The number of Topliss-reactive ketones (excluding diaryl/α,β-unsaturated/α-hetero) is 1. The summed E-state index contributed by atoms with van der Waals surface area (Å²) in [6.07, 6.45) is 0. The van der Waals surface area contributed by atoms with Gasteiger partial charge in [0.05, 0.1) is 15.7 Å². The molecular formula is C12H9B3ClNO5S. The molecule has 0 aromatic heterocycles. The van der Waals surface area contributed by atoms with E-state index in [1.165, 1.54) is 24.3 Å². The van der Waals surface area contributed by atoms with Gasteiger partial charge in [0, 0.05) is 9.57 Å². The van der Waals surface area contributed by atoms with Crippen molar-refractivity contribution < 1.29 is 22.1 Å². The summed E-state index contributed by atoms with van der Waals surface area (Å²) in [5.41, 5.74) is 3.68. The minimum absolute atomic E-state index is 0.203. The monoisotopic (exact) mass is 347 g/mol. The van der Waals surface area contributed by atoms with Gasteiger partial charge >= 0.3 is 0 Å². The lowest BCUT2D eigenvalue weighted by Crippen LogP contribution is -2.40. The van der Waals surface area contributed by atoms with Crippen LogP contribution in [0, 0.1) is 0 Å². The first-order chi connectivity index (χ1) is 10.4. The zero-order valence-corrected chi connectivity index (χ0v) is 13.5. The van der Waals surface area contributed by atoms with Crippen LogP contribution in [0.4, 0.5) is 0 Å². The Morgan fingerprint density at radius 2 is 1.83 bits per heavy atom. The SMILES string of the molecule is [B]C([B])(C)S(=O)(=O)OC1=C(N)O[C@]([B])(c2ccc(Cl)cc2)C1=O. The topological polar surface area (TPSA) is 95.7 Å². The molecule has 1 aliphatic heterocycles. The van der Waals surface area contributed by atoms with Crippen LogP contribution >= 0.6 is 11.6 Å². The van der Waals surface area contributed by atoms with Crippen LogP contribution in [0.15, 0.2) is 35.9 Å². The molecule has 0 saturated carbocycles. The normalized spacial score (nSPS) is 22.1. The zero-order chi connectivity index (χ0) is 17.6. The van der Waals surface area contributed by atoms with Gasteiger partial charge in [-0.25, -0.2) is 0 Å². The molecule has 0 saturated heterocycles. The zero-order valence-electron chi connectivity index (χ0n) is 11.9. The number of benzene rings is 1. The van der Waals surface area contributed by atoms with Crippen LogP contribution < -0.4 is 5.73 Å². The van der Waals surface area contributed by atoms with E-state index in [4.69, 9.17) is 45.6 Å². The highest BCUT2D eigenvalue weighted by molar-refractivity contribution is 7.91. The average molecular weight is 347 g/mol. The molecule has 114 valence electrons. The lowest BCUT2D eigenvalue weighted by atomic mass is 9.71. The maximum Gasteiger partial charge on any atom is 0.298 e. The minimum Gasteiger partial charge on any atom is -0.467 e. The van der Waals surface area contributed by atoms with E-state index < -0.39 is 37.6 Å². The van der Waals surface area contributed by atoms with E-state index in [1.54, 1.807) is 0 Å². The third-order valence-electron chi connectivity index (χ3n) is 3.04. The van der Waals surface area contributed by atoms with Crippen molar-refractivity contribution in [3.63, 3.8) is 0 Å². The molecule has 0 aliphatic carbocycles. The molecule has 11 heteroatoms. The fourth-order valence-corrected chi connectivity index (χ4v) is 2.40. The smallest absolute Gasteiger partial charge is 0.298 e. The van der Waals surface area contributed by atoms with Gasteiger partial charge in [0.2, 0.25) is 17.4 Å². The molecule has 1 aromatic carbocycles. The molecule has 1 aromatic rings. The molecule has 0 spiro atoms. The first-order valence-electron chi connectivity index (χ1n) is 6.19. The molecular weight excluding hydrogens is 338 g/mol. The molecule has 0 unspecified atom stereocenters. The number of halogens is 1. The van der Waals surface area contributed by atoms with Gasteiger partial charge in [0.15, 0.2) is 5.50 Å². The van der Waals surface area contributed by atoms with Crippen molar-refractivity contribution in [2.45, 2.75) is 17.0 Å². The molecule has 0 bridgehead atoms. The van der Waals surface area contributed by atoms with Gasteiger partial charge in [-0.05, 0) is 17.7 Å². The van der Waals surface area contributed by atoms with Gasteiger partial charge in [0.25, 0.3) is 10.1 Å². The highest BCUT2D eigenvalue weighted by Gasteiger charge is 2.49. The van der Waals surface area contributed by atoms with Crippen molar-refractivity contribution in [1.82, 2.24) is 0 Å². The van der Waals surface area contributed by atoms with Crippen molar-refractivity contribution in [2.24, 2.45) is 5.73 Å². The van der Waals surface area contributed by atoms with Gasteiger partial charge in [0.1, 0.15) is 7.85 Å². The number of hydrogen-bond acceptors (Lipinski definition) is 6. The minimum atomic E-state index is -4.55. The first kappa shape index (κ1) is 17.8. The summed E-state index contributed by atoms with van der Waals surface area (Å²) >= 11 is 5.76. The van der Waals surface area contributed by atoms with Crippen molar-refractivity contribution in [3.8, 4) is 0 Å². The molecule has 1 heterocycles. The van der Waals surface area contributed by atoms with E-state index >= 15 is 0 Å². The lowest BCUT2D eigenvalue weighted by Gasteiger charge is -2.24. The summed E-state index contributed by atoms with van der Waals surface area (Å²) in [7, 11) is 11.9. The number of nitrogens with two attached hydrogens (primary N) is 1. The molecule has 23 heavy (non-hydrogen) atoms. The predicted octanol–water partition coefficient (Wildman–Crippen LogP) is -0.254. The summed E-state index contributed by atoms with van der Waals surface area (Å²) in [5, 5.41) is 0.407. The summed E-state index contributed by atoms with van der Waals surface area (Å²) in [6, 6.07) is 5.82. The molecule has 2 N–H and O–H groups in total. The van der Waals surface area contributed by atoms with Crippen molar-refractivity contribution >= 4 is 51.0 Å². The largest absolute Gasteiger partial charge is 0.467 e. The highest BCUT2D eigenvalue weighted by atomic mass is 35.5. The fourth-order valence-electron chi connectivity index (χ4n) is 1.71. The van der Waals surface area contributed by atoms with Gasteiger partial charge in [-0.1, -0.05) is 30.7 Å². The predicted molar refractivity (Wildman–Crippen MR) is 86.1 cm³/mol.